The maximum absolute atomic E-state index is 11.6. The maximum Gasteiger partial charge on any atom is 0.338 e. The first kappa shape index (κ1) is 14.2. The highest BCUT2D eigenvalue weighted by Crippen LogP contribution is 2.39. The second-order valence-electron chi connectivity index (χ2n) is 6.28. The molecule has 0 radical (unpaired) electrons. The molecule has 0 aromatic carbocycles. The fourth-order valence-corrected chi connectivity index (χ4v) is 2.89. The molecule has 0 aliphatic carbocycles. The highest BCUT2D eigenvalue weighted by atomic mass is 16.8. The van der Waals surface area contributed by atoms with Gasteiger partial charge in [-0.05, 0) is 27.7 Å². The van der Waals surface area contributed by atoms with E-state index in [1.807, 2.05) is 13.8 Å². The number of fused-ring (bicyclic) bond motifs is 1. The van der Waals surface area contributed by atoms with Crippen molar-refractivity contribution in [3.05, 3.63) is 0 Å². The zero-order valence-corrected chi connectivity index (χ0v) is 12.0. The minimum absolute atomic E-state index is 0.338. The predicted molar refractivity (Wildman–Crippen MR) is 64.6 cm³/mol. The Morgan fingerprint density at radius 3 is 2.25 bits per heavy atom. The van der Waals surface area contributed by atoms with Gasteiger partial charge in [0.25, 0.3) is 0 Å². The molecule has 0 aromatic heterocycles. The van der Waals surface area contributed by atoms with Gasteiger partial charge in [0, 0.05) is 0 Å². The molecule has 3 aliphatic rings. The van der Waals surface area contributed by atoms with Crippen LogP contribution >= 0.6 is 0 Å². The molecule has 3 rings (SSSR count). The van der Waals surface area contributed by atoms with Crippen molar-refractivity contribution in [2.24, 2.45) is 0 Å². The van der Waals surface area contributed by atoms with Gasteiger partial charge in [0.15, 0.2) is 23.8 Å². The average molecular weight is 288 g/mol. The third-order valence-corrected chi connectivity index (χ3v) is 3.69. The monoisotopic (exact) mass is 288 g/mol. The van der Waals surface area contributed by atoms with E-state index in [0.29, 0.717) is 6.61 Å². The van der Waals surface area contributed by atoms with Gasteiger partial charge in [0.2, 0.25) is 0 Å². The fraction of sp³-hybridized carbons (Fsp3) is 0.923. The molecule has 1 N–H and O–H groups in total. The van der Waals surface area contributed by atoms with Gasteiger partial charge < -0.3 is 28.8 Å². The summed E-state index contributed by atoms with van der Waals surface area (Å²) in [7, 11) is 0. The van der Waals surface area contributed by atoms with E-state index in [4.69, 9.17) is 23.7 Å². The second kappa shape index (κ2) is 4.38. The largest absolute Gasteiger partial charge is 0.455 e. The van der Waals surface area contributed by atoms with Crippen LogP contribution in [-0.2, 0) is 28.5 Å². The average Bonchev–Trinajstić information content (AvgIpc) is 2.81. The second-order valence-corrected chi connectivity index (χ2v) is 6.28. The molecule has 0 unspecified atom stereocenters. The number of rotatable bonds is 1. The zero-order valence-electron chi connectivity index (χ0n) is 12.0. The molecule has 0 bridgehead atoms. The van der Waals surface area contributed by atoms with Crippen molar-refractivity contribution in [2.45, 2.75) is 69.8 Å². The number of carbonyl (C=O) groups is 1. The summed E-state index contributed by atoms with van der Waals surface area (Å²) in [5.74, 6) is -2.33. The van der Waals surface area contributed by atoms with Crippen molar-refractivity contribution < 1.29 is 33.6 Å². The Bertz CT molecular complexity index is 419. The lowest BCUT2D eigenvalue weighted by atomic mass is 9.99. The molecule has 3 aliphatic heterocycles. The van der Waals surface area contributed by atoms with Crippen LogP contribution in [-0.4, -0.2) is 59.8 Å². The van der Waals surface area contributed by atoms with Crippen LogP contribution in [0.1, 0.15) is 27.7 Å². The van der Waals surface area contributed by atoms with Gasteiger partial charge in [-0.25, -0.2) is 4.79 Å². The fourth-order valence-electron chi connectivity index (χ4n) is 2.89. The summed E-state index contributed by atoms with van der Waals surface area (Å²) in [5.41, 5.74) is 0. The molecule has 0 spiro atoms. The molecular weight excluding hydrogens is 268 g/mol. The Kier molecular flexibility index (Phi) is 3.11. The summed E-state index contributed by atoms with van der Waals surface area (Å²) in [4.78, 5) is 11.6. The molecule has 114 valence electrons. The van der Waals surface area contributed by atoms with Gasteiger partial charge in [-0.15, -0.1) is 0 Å². The molecule has 3 heterocycles. The van der Waals surface area contributed by atoms with Gasteiger partial charge >= 0.3 is 5.97 Å². The van der Waals surface area contributed by atoms with Crippen molar-refractivity contribution in [2.75, 3.05) is 6.61 Å². The van der Waals surface area contributed by atoms with Crippen molar-refractivity contribution in [1.82, 2.24) is 0 Å². The summed E-state index contributed by atoms with van der Waals surface area (Å²) in [6.45, 7) is 7.42. The van der Waals surface area contributed by atoms with Crippen LogP contribution in [0.4, 0.5) is 0 Å². The summed E-state index contributed by atoms with van der Waals surface area (Å²) >= 11 is 0. The van der Waals surface area contributed by atoms with Crippen LogP contribution in [0.5, 0.6) is 0 Å². The number of hydrogen-bond donors (Lipinski definition) is 1. The lowest BCUT2D eigenvalue weighted by Gasteiger charge is -2.43. The Labute approximate surface area is 117 Å². The first-order valence-corrected chi connectivity index (χ1v) is 6.74. The molecule has 20 heavy (non-hydrogen) atoms. The summed E-state index contributed by atoms with van der Waals surface area (Å²) in [6.07, 6.45) is -3.64. The Morgan fingerprint density at radius 2 is 1.65 bits per heavy atom. The normalized spacial score (nSPS) is 46.0. The number of hydrogen-bond acceptors (Lipinski definition) is 7. The third kappa shape index (κ3) is 2.33. The lowest BCUT2D eigenvalue weighted by molar-refractivity contribution is -0.342. The van der Waals surface area contributed by atoms with E-state index in [2.05, 4.69) is 0 Å². The van der Waals surface area contributed by atoms with E-state index in [-0.39, 0.29) is 6.10 Å². The van der Waals surface area contributed by atoms with Gasteiger partial charge in [-0.3, -0.25) is 0 Å². The van der Waals surface area contributed by atoms with Crippen molar-refractivity contribution in [1.29, 1.82) is 0 Å². The highest BCUT2D eigenvalue weighted by Gasteiger charge is 2.58. The van der Waals surface area contributed by atoms with Gasteiger partial charge in [0.05, 0.1) is 6.61 Å². The Hall–Kier alpha value is -0.730. The van der Waals surface area contributed by atoms with Crippen LogP contribution in [0.2, 0.25) is 0 Å². The van der Waals surface area contributed by atoms with Crippen LogP contribution < -0.4 is 0 Å². The van der Waals surface area contributed by atoms with Gasteiger partial charge in [-0.1, -0.05) is 0 Å². The highest BCUT2D eigenvalue weighted by molar-refractivity contribution is 5.78. The summed E-state index contributed by atoms with van der Waals surface area (Å²) in [6, 6.07) is 0. The first-order chi connectivity index (χ1) is 9.19. The summed E-state index contributed by atoms with van der Waals surface area (Å²) in [5, 5.41) is 9.86. The molecule has 0 saturated carbocycles. The first-order valence-electron chi connectivity index (χ1n) is 6.74. The molecule has 3 fully saturated rings. The topological polar surface area (TPSA) is 83.5 Å². The minimum Gasteiger partial charge on any atom is -0.455 e. The number of aliphatic hydroxyl groups is 1. The molecule has 7 nitrogen and oxygen atoms in total. The van der Waals surface area contributed by atoms with Crippen LogP contribution in [0.3, 0.4) is 0 Å². The quantitative estimate of drug-likeness (QED) is 0.677. The zero-order chi connectivity index (χ0) is 14.7. The van der Waals surface area contributed by atoms with E-state index in [1.165, 1.54) is 0 Å². The maximum atomic E-state index is 11.6. The third-order valence-electron chi connectivity index (χ3n) is 3.69. The summed E-state index contributed by atoms with van der Waals surface area (Å²) < 4.78 is 28.0. The number of esters is 1. The molecule has 3 saturated heterocycles. The standard InChI is InChI=1S/C13H20O7/c1-12(2)16-5-6(18-12)8-10-9(7(14)11(15)17-10)20-13(3,4)19-8/h6-10,14H,5H2,1-4H3/t6-,7+,8-,9+,10+/m1/s1. The SMILES string of the molecule is CC1(C)O[C@@H]2[C@@H](OC(=O)[C@H]2O)[C@@H]([C@H]2COC(C)(C)O2)O1. The number of ether oxygens (including phenoxy) is 5. The number of aliphatic hydroxyl groups excluding tert-OH is 1. The minimum atomic E-state index is -1.29. The van der Waals surface area contributed by atoms with Gasteiger partial charge in [0.1, 0.15) is 18.3 Å². The molecular formula is C13H20O7. The Balaban J connectivity index is 1.84. The smallest absolute Gasteiger partial charge is 0.338 e. The van der Waals surface area contributed by atoms with Gasteiger partial charge in [-0.2, -0.15) is 0 Å². The van der Waals surface area contributed by atoms with Crippen molar-refractivity contribution in [3.63, 3.8) is 0 Å². The van der Waals surface area contributed by atoms with Crippen molar-refractivity contribution >= 4 is 5.97 Å². The van der Waals surface area contributed by atoms with E-state index >= 15 is 0 Å². The van der Waals surface area contributed by atoms with E-state index in [1.54, 1.807) is 13.8 Å². The van der Waals surface area contributed by atoms with Crippen molar-refractivity contribution in [3.8, 4) is 0 Å². The van der Waals surface area contributed by atoms with Crippen LogP contribution in [0.25, 0.3) is 0 Å². The lowest BCUT2D eigenvalue weighted by Crippen LogP contribution is -2.59. The predicted octanol–water partition coefficient (Wildman–Crippen LogP) is -0.0557. The number of carbonyl (C=O) groups excluding carboxylic acids is 1. The van der Waals surface area contributed by atoms with Crippen LogP contribution in [0, 0.1) is 0 Å². The van der Waals surface area contributed by atoms with Crippen LogP contribution in [0.15, 0.2) is 0 Å². The molecule has 7 heteroatoms. The Morgan fingerprint density at radius 1 is 1.00 bits per heavy atom. The molecule has 0 aromatic rings. The van der Waals surface area contributed by atoms with E-state index in [0.717, 1.165) is 0 Å². The van der Waals surface area contributed by atoms with E-state index < -0.39 is 42.0 Å². The molecule has 5 atom stereocenters. The molecule has 0 amide bonds. The van der Waals surface area contributed by atoms with E-state index in [9.17, 15) is 9.90 Å².